The maximum Gasteiger partial charge on any atom is 0.264 e. The lowest BCUT2D eigenvalue weighted by Crippen LogP contribution is -2.62. The minimum Gasteiger partial charge on any atom is -0.374 e. The lowest BCUT2D eigenvalue weighted by atomic mass is 9.97. The Morgan fingerprint density at radius 1 is 0.444 bits per heavy atom. The number of ether oxygens (including phenoxy) is 8. The van der Waals surface area contributed by atoms with Crippen molar-refractivity contribution in [3.8, 4) is 0 Å². The van der Waals surface area contributed by atoms with Gasteiger partial charge in [0.05, 0.1) is 78.1 Å². The molecule has 72 heavy (non-hydrogen) atoms. The molecule has 1 heterocycles. The van der Waals surface area contributed by atoms with Gasteiger partial charge in [-0.2, -0.15) is 16.8 Å². The second kappa shape index (κ2) is 28.3. The van der Waals surface area contributed by atoms with Crippen LogP contribution in [0.4, 0.5) is 0 Å². The van der Waals surface area contributed by atoms with Crippen LogP contribution >= 0.6 is 0 Å². The van der Waals surface area contributed by atoms with Crippen LogP contribution in [0.25, 0.3) is 0 Å². The van der Waals surface area contributed by atoms with E-state index in [1.54, 1.807) is 0 Å². The Kier molecular flexibility index (Phi) is 21.5. The van der Waals surface area contributed by atoms with Crippen molar-refractivity contribution in [1.82, 2.24) is 0 Å². The summed E-state index contributed by atoms with van der Waals surface area (Å²) >= 11 is 0. The smallest absolute Gasteiger partial charge is 0.264 e. The van der Waals surface area contributed by atoms with Crippen molar-refractivity contribution in [2.24, 2.45) is 0 Å². The first-order valence-electron chi connectivity index (χ1n) is 23.8. The molecule has 0 aromatic heterocycles. The van der Waals surface area contributed by atoms with Gasteiger partial charge in [0.2, 0.25) is 0 Å². The van der Waals surface area contributed by atoms with Gasteiger partial charge in [0, 0.05) is 6.42 Å². The fraction of sp³-hybridized carbons (Fsp3) is 0.357. The fourth-order valence-electron chi connectivity index (χ4n) is 8.13. The quantitative estimate of drug-likeness (QED) is 0.0395. The van der Waals surface area contributed by atoms with Gasteiger partial charge < -0.3 is 37.9 Å². The third-order valence-corrected chi connectivity index (χ3v) is 12.8. The summed E-state index contributed by atoms with van der Waals surface area (Å²) in [5, 5.41) is 0. The third-order valence-electron chi connectivity index (χ3n) is 11.6. The van der Waals surface area contributed by atoms with Gasteiger partial charge in [0.15, 0.2) is 6.29 Å². The maximum absolute atomic E-state index is 13.3. The summed E-state index contributed by atoms with van der Waals surface area (Å²) in [5.41, 5.74) is 5.25. The van der Waals surface area contributed by atoms with E-state index in [0.29, 0.717) is 0 Å². The van der Waals surface area contributed by atoms with Gasteiger partial charge in [-0.15, -0.1) is 0 Å². The lowest BCUT2D eigenvalue weighted by molar-refractivity contribution is -0.332. The van der Waals surface area contributed by atoms with Crippen LogP contribution in [0, 0.1) is 0 Å². The number of benzene rings is 6. The molecule has 1 saturated heterocycles. The van der Waals surface area contributed by atoms with E-state index in [2.05, 4.69) is 0 Å². The van der Waals surface area contributed by atoms with Crippen molar-refractivity contribution < 1.29 is 63.1 Å². The van der Waals surface area contributed by atoms with Gasteiger partial charge >= 0.3 is 0 Å². The van der Waals surface area contributed by atoms with E-state index in [4.69, 9.17) is 46.3 Å². The Labute approximate surface area is 424 Å². The molecular weight excluding hydrogens is 961 g/mol. The highest BCUT2D eigenvalue weighted by molar-refractivity contribution is 7.86. The first kappa shape index (κ1) is 54.6. The van der Waals surface area contributed by atoms with Crippen LogP contribution in [-0.4, -0.2) is 98.2 Å². The first-order valence-corrected chi connectivity index (χ1v) is 27.5. The Morgan fingerprint density at radius 2 is 0.847 bits per heavy atom. The molecule has 0 amide bonds. The fourth-order valence-corrected chi connectivity index (χ4v) is 9.14. The van der Waals surface area contributed by atoms with Crippen molar-refractivity contribution in [2.45, 2.75) is 95.1 Å². The highest BCUT2D eigenvalue weighted by Gasteiger charge is 2.50. The molecule has 0 spiro atoms. The molecule has 1 aliphatic rings. The number of rotatable bonds is 30. The first-order chi connectivity index (χ1) is 35.0. The average molecular weight is 1030 g/mol. The SMILES string of the molecule is CS(=O)(=O)OCC[C@@H](OCc1ccccc1)[C@H](OCc1ccccc1)[C@@H](CO[C@@H]1O[C@H](COCc2ccccc2)[C@@H](OCc2ccccc2)[C@H](OCc2ccccc2)[C@H]1OCc1ccccc1)OS(C)(=O)=O. The molecule has 8 atom stereocenters. The largest absolute Gasteiger partial charge is 0.374 e. The summed E-state index contributed by atoms with van der Waals surface area (Å²) in [6, 6.07) is 57.5. The summed E-state index contributed by atoms with van der Waals surface area (Å²) < 4.78 is 116. The molecule has 7 rings (SSSR count). The minimum atomic E-state index is -4.23. The normalized spacial score (nSPS) is 19.6. The van der Waals surface area contributed by atoms with E-state index in [-0.39, 0.29) is 59.3 Å². The molecule has 1 aliphatic heterocycles. The van der Waals surface area contributed by atoms with Crippen LogP contribution in [-0.2, 0) is 106 Å². The Bertz CT molecular complexity index is 2650. The van der Waals surface area contributed by atoms with Crippen molar-refractivity contribution in [2.75, 3.05) is 32.3 Å². The molecule has 6 aromatic carbocycles. The van der Waals surface area contributed by atoms with Crippen LogP contribution in [0.15, 0.2) is 182 Å². The molecule has 0 bridgehead atoms. The third kappa shape index (κ3) is 18.7. The van der Waals surface area contributed by atoms with E-state index in [1.807, 2.05) is 182 Å². The lowest BCUT2D eigenvalue weighted by Gasteiger charge is -2.46. The van der Waals surface area contributed by atoms with Crippen molar-refractivity contribution >= 4 is 20.2 Å². The molecule has 0 unspecified atom stereocenters. The van der Waals surface area contributed by atoms with Crippen molar-refractivity contribution in [1.29, 1.82) is 0 Å². The van der Waals surface area contributed by atoms with Crippen molar-refractivity contribution in [3.05, 3.63) is 215 Å². The van der Waals surface area contributed by atoms with Gasteiger partial charge in [0.1, 0.15) is 36.6 Å². The highest BCUT2D eigenvalue weighted by atomic mass is 32.2. The van der Waals surface area contributed by atoms with Crippen LogP contribution < -0.4 is 0 Å². The zero-order valence-corrected chi connectivity index (χ0v) is 42.2. The van der Waals surface area contributed by atoms with Gasteiger partial charge in [-0.05, 0) is 33.4 Å². The summed E-state index contributed by atoms with van der Waals surface area (Å²) in [7, 11) is -8.09. The molecule has 14 nitrogen and oxygen atoms in total. The van der Waals surface area contributed by atoms with Crippen LogP contribution in [0.5, 0.6) is 0 Å². The molecule has 0 aliphatic carbocycles. The van der Waals surface area contributed by atoms with Gasteiger partial charge in [-0.3, -0.25) is 8.37 Å². The summed E-state index contributed by atoms with van der Waals surface area (Å²) in [6.45, 7) is 0.173. The minimum absolute atomic E-state index is 0.00661. The Balaban J connectivity index is 1.26. The molecule has 384 valence electrons. The predicted molar refractivity (Wildman–Crippen MR) is 271 cm³/mol. The molecule has 0 saturated carbocycles. The van der Waals surface area contributed by atoms with Crippen LogP contribution in [0.3, 0.4) is 0 Å². The van der Waals surface area contributed by atoms with E-state index in [0.717, 1.165) is 45.9 Å². The van der Waals surface area contributed by atoms with Gasteiger partial charge in [0.25, 0.3) is 20.2 Å². The maximum atomic E-state index is 13.3. The molecule has 6 aromatic rings. The molecule has 16 heteroatoms. The summed E-state index contributed by atoms with van der Waals surface area (Å²) in [6.07, 6.45) is -6.42. The standard InChI is InChI=1S/C56H64O14S2/c1-71(57,58)68-34-33-49(62-36-44-23-11-4-12-24-44)52(63-37-45-25-13-5-14-26-45)51(70-72(2,59)60)42-67-56-55(66-40-48-31-19-8-20-32-48)54(65-39-47-29-17-7-18-30-47)53(64-38-46-27-15-6-16-28-46)50(69-56)41-61-35-43-21-9-3-10-22-43/h3-32,49-56H,33-42H2,1-2H3/t49-,50-,51-,52+,53-,54+,55-,56-/m1/s1. The second-order valence-corrected chi connectivity index (χ2v) is 20.7. The topological polar surface area (TPSA) is 161 Å². The molecule has 1 fully saturated rings. The monoisotopic (exact) mass is 1020 g/mol. The van der Waals surface area contributed by atoms with Gasteiger partial charge in [-0.25, -0.2) is 0 Å². The number of hydrogen-bond acceptors (Lipinski definition) is 14. The van der Waals surface area contributed by atoms with Crippen LogP contribution in [0.1, 0.15) is 39.8 Å². The predicted octanol–water partition coefficient (Wildman–Crippen LogP) is 8.58. The second-order valence-electron chi connectivity index (χ2n) is 17.4. The van der Waals surface area contributed by atoms with Crippen LogP contribution in [0.2, 0.25) is 0 Å². The van der Waals surface area contributed by atoms with E-state index < -0.39 is 75.9 Å². The molecule has 0 radical (unpaired) electrons. The summed E-state index contributed by atoms with van der Waals surface area (Å²) in [4.78, 5) is 0. The molecular formula is C56H64O14S2. The molecule has 0 N–H and O–H groups in total. The average Bonchev–Trinajstić information content (AvgIpc) is 3.39. The highest BCUT2D eigenvalue weighted by Crippen LogP contribution is 2.33. The van der Waals surface area contributed by atoms with Crippen molar-refractivity contribution in [3.63, 3.8) is 0 Å². The Morgan fingerprint density at radius 3 is 1.29 bits per heavy atom. The van der Waals surface area contributed by atoms with E-state index in [1.165, 1.54) is 0 Å². The summed E-state index contributed by atoms with van der Waals surface area (Å²) in [5.74, 6) is 0. The Hall–Kier alpha value is -5.18. The number of hydrogen-bond donors (Lipinski definition) is 0. The van der Waals surface area contributed by atoms with Gasteiger partial charge in [-0.1, -0.05) is 182 Å². The van der Waals surface area contributed by atoms with E-state index in [9.17, 15) is 16.8 Å². The van der Waals surface area contributed by atoms with E-state index >= 15 is 0 Å². The zero-order chi connectivity index (χ0) is 50.4. The zero-order valence-electron chi connectivity index (χ0n) is 40.5.